The minimum absolute atomic E-state index is 0.0439. The Morgan fingerprint density at radius 2 is 2.06 bits per heavy atom. The number of rotatable bonds is 10. The van der Waals surface area contributed by atoms with Crippen LogP contribution in [0.2, 0.25) is 0 Å². The first-order valence-electron chi connectivity index (χ1n) is 10.6. The Hall–Kier alpha value is -4.19. The lowest BCUT2D eigenvalue weighted by Gasteiger charge is -2.12. The van der Waals surface area contributed by atoms with E-state index in [0.29, 0.717) is 23.1 Å². The van der Waals surface area contributed by atoms with E-state index in [1.165, 1.54) is 19.3 Å². The van der Waals surface area contributed by atoms with Crippen molar-refractivity contribution in [1.82, 2.24) is 9.97 Å². The molecule has 0 spiro atoms. The summed E-state index contributed by atoms with van der Waals surface area (Å²) in [5.41, 5.74) is 0.167. The van der Waals surface area contributed by atoms with Crippen LogP contribution < -0.4 is 15.0 Å². The normalized spacial score (nSPS) is 11.2. The molecular weight excluding hydrogens is 424 g/mol. The number of allylic oxidation sites excluding steroid dienone is 1. The van der Waals surface area contributed by atoms with Gasteiger partial charge in [0, 0.05) is 6.07 Å². The van der Waals surface area contributed by atoms with Crippen molar-refractivity contribution in [3.05, 3.63) is 68.3 Å². The Balaban J connectivity index is 2.01. The smallest absolute Gasteiger partial charge is 0.315 e. The van der Waals surface area contributed by atoms with Gasteiger partial charge in [0.25, 0.3) is 5.56 Å². The van der Waals surface area contributed by atoms with Crippen LogP contribution >= 0.6 is 0 Å². The van der Waals surface area contributed by atoms with Crippen LogP contribution in [0, 0.1) is 21.4 Å². The quantitative estimate of drug-likeness (QED) is 0.203. The van der Waals surface area contributed by atoms with Crippen LogP contribution in [0.15, 0.2) is 41.2 Å². The number of hydrogen-bond acceptors (Lipinski definition) is 7. The number of ether oxygens (including phenoxy) is 2. The van der Waals surface area contributed by atoms with E-state index in [1.54, 1.807) is 30.3 Å². The van der Waals surface area contributed by atoms with Crippen molar-refractivity contribution >= 4 is 28.2 Å². The third-order valence-electron chi connectivity index (χ3n) is 5.02. The lowest BCUT2D eigenvalue weighted by Crippen LogP contribution is -2.11. The largest absolute Gasteiger partial charge is 0.493 e. The van der Waals surface area contributed by atoms with Crippen molar-refractivity contribution in [1.29, 1.82) is 5.26 Å². The topological polar surface area (TPSA) is 131 Å². The number of H-pyrrole nitrogens is 1. The van der Waals surface area contributed by atoms with Crippen LogP contribution in [0.5, 0.6) is 11.5 Å². The van der Waals surface area contributed by atoms with Gasteiger partial charge in [0.15, 0.2) is 11.6 Å². The summed E-state index contributed by atoms with van der Waals surface area (Å²) in [6.45, 7) is 2.43. The second kappa shape index (κ2) is 10.9. The summed E-state index contributed by atoms with van der Waals surface area (Å²) in [4.78, 5) is 30.5. The highest BCUT2D eigenvalue weighted by molar-refractivity contribution is 5.89. The fraction of sp³-hybridized carbons (Fsp3) is 0.292. The van der Waals surface area contributed by atoms with E-state index in [2.05, 4.69) is 16.9 Å². The molecule has 1 N–H and O–H groups in total. The Labute approximate surface area is 190 Å². The SMILES string of the molecule is CCCCCCOc1c(OC)cc(/C=C(/C#N)c2nc3ccccc3c(=O)[nH]2)cc1[N+](=O)[O-]. The van der Waals surface area contributed by atoms with E-state index < -0.39 is 4.92 Å². The van der Waals surface area contributed by atoms with Crippen LogP contribution in [-0.4, -0.2) is 28.6 Å². The Kier molecular flexibility index (Phi) is 7.76. The second-order valence-corrected chi connectivity index (χ2v) is 7.34. The number of aromatic nitrogens is 2. The number of nitro benzene ring substituents is 1. The third kappa shape index (κ3) is 5.54. The van der Waals surface area contributed by atoms with E-state index in [1.807, 2.05) is 6.07 Å². The Bertz CT molecular complexity index is 1290. The van der Waals surface area contributed by atoms with Crippen molar-refractivity contribution in [3.8, 4) is 17.6 Å². The fourth-order valence-corrected chi connectivity index (χ4v) is 3.36. The fourth-order valence-electron chi connectivity index (χ4n) is 3.36. The van der Waals surface area contributed by atoms with Gasteiger partial charge < -0.3 is 14.5 Å². The molecule has 3 rings (SSSR count). The molecule has 170 valence electrons. The van der Waals surface area contributed by atoms with E-state index in [9.17, 15) is 20.2 Å². The molecule has 9 nitrogen and oxygen atoms in total. The van der Waals surface area contributed by atoms with Crippen molar-refractivity contribution in [2.24, 2.45) is 0 Å². The predicted octanol–water partition coefficient (Wildman–Crippen LogP) is 4.86. The van der Waals surface area contributed by atoms with Crippen LogP contribution in [-0.2, 0) is 0 Å². The second-order valence-electron chi connectivity index (χ2n) is 7.34. The third-order valence-corrected chi connectivity index (χ3v) is 5.02. The summed E-state index contributed by atoms with van der Waals surface area (Å²) in [6, 6.07) is 11.6. The number of aromatic amines is 1. The van der Waals surface area contributed by atoms with E-state index in [0.717, 1.165) is 25.7 Å². The summed E-state index contributed by atoms with van der Waals surface area (Å²) < 4.78 is 11.0. The molecule has 0 aliphatic heterocycles. The van der Waals surface area contributed by atoms with Gasteiger partial charge in [0.2, 0.25) is 5.75 Å². The molecule has 0 saturated heterocycles. The molecule has 33 heavy (non-hydrogen) atoms. The maximum absolute atomic E-state index is 12.4. The Morgan fingerprint density at radius 3 is 2.76 bits per heavy atom. The van der Waals surface area contributed by atoms with Crippen molar-refractivity contribution < 1.29 is 14.4 Å². The molecule has 2 aromatic carbocycles. The van der Waals surface area contributed by atoms with Gasteiger partial charge in [-0.25, -0.2) is 4.98 Å². The monoisotopic (exact) mass is 448 g/mol. The molecule has 9 heteroatoms. The number of para-hydroxylation sites is 1. The lowest BCUT2D eigenvalue weighted by atomic mass is 10.1. The molecule has 0 radical (unpaired) electrons. The number of nitrogens with one attached hydrogen (secondary N) is 1. The van der Waals surface area contributed by atoms with E-state index in [4.69, 9.17) is 9.47 Å². The molecular formula is C24H24N4O5. The lowest BCUT2D eigenvalue weighted by molar-refractivity contribution is -0.386. The number of benzene rings is 2. The number of nitrogens with zero attached hydrogens (tertiary/aromatic N) is 3. The molecule has 0 aliphatic rings. The van der Waals surface area contributed by atoms with Crippen molar-refractivity contribution in [2.75, 3.05) is 13.7 Å². The highest BCUT2D eigenvalue weighted by atomic mass is 16.6. The molecule has 0 bridgehead atoms. The zero-order valence-electron chi connectivity index (χ0n) is 18.5. The molecule has 1 heterocycles. The standard InChI is InChI=1S/C24H24N4O5/c1-3-4-5-8-11-33-22-20(28(30)31)13-16(14-21(22)32-2)12-17(15-25)23-26-19-10-7-6-9-18(19)24(29)27-23/h6-7,9-10,12-14H,3-5,8,11H2,1-2H3,(H,26,27,29)/b17-12-. The molecule has 0 atom stereocenters. The van der Waals surface area contributed by atoms with Crippen LogP contribution in [0.3, 0.4) is 0 Å². The highest BCUT2D eigenvalue weighted by Crippen LogP contribution is 2.39. The number of fused-ring (bicyclic) bond motifs is 1. The molecule has 0 unspecified atom stereocenters. The van der Waals surface area contributed by atoms with Gasteiger partial charge in [0.05, 0.1) is 35.1 Å². The highest BCUT2D eigenvalue weighted by Gasteiger charge is 2.22. The van der Waals surface area contributed by atoms with E-state index >= 15 is 0 Å². The maximum atomic E-state index is 12.4. The number of nitro groups is 1. The van der Waals surface area contributed by atoms with Crippen LogP contribution in [0.25, 0.3) is 22.6 Å². The maximum Gasteiger partial charge on any atom is 0.315 e. The number of methoxy groups -OCH3 is 1. The molecule has 0 amide bonds. The van der Waals surface area contributed by atoms with E-state index in [-0.39, 0.29) is 34.1 Å². The average molecular weight is 448 g/mol. The number of nitriles is 1. The summed E-state index contributed by atoms with van der Waals surface area (Å²) in [5.74, 6) is 0.300. The van der Waals surface area contributed by atoms with Gasteiger partial charge in [-0.15, -0.1) is 0 Å². The minimum atomic E-state index is -0.552. The molecule has 0 fully saturated rings. The zero-order chi connectivity index (χ0) is 23.8. The van der Waals surface area contributed by atoms with Crippen molar-refractivity contribution in [3.63, 3.8) is 0 Å². The number of unbranched alkanes of at least 4 members (excludes halogenated alkanes) is 3. The first-order chi connectivity index (χ1) is 16.0. The van der Waals surface area contributed by atoms with Crippen LogP contribution in [0.1, 0.15) is 44.0 Å². The first-order valence-corrected chi connectivity index (χ1v) is 10.6. The Morgan fingerprint density at radius 1 is 1.27 bits per heavy atom. The minimum Gasteiger partial charge on any atom is -0.493 e. The van der Waals surface area contributed by atoms with Gasteiger partial charge in [-0.05, 0) is 36.3 Å². The summed E-state index contributed by atoms with van der Waals surface area (Å²) in [7, 11) is 1.39. The molecule has 1 aromatic heterocycles. The van der Waals surface area contributed by atoms with Gasteiger partial charge >= 0.3 is 5.69 Å². The van der Waals surface area contributed by atoms with Gasteiger partial charge in [-0.3, -0.25) is 14.9 Å². The summed E-state index contributed by atoms with van der Waals surface area (Å²) in [5, 5.41) is 21.8. The molecule has 3 aromatic rings. The zero-order valence-corrected chi connectivity index (χ0v) is 18.5. The first kappa shape index (κ1) is 23.5. The molecule has 0 saturated carbocycles. The van der Waals surface area contributed by atoms with Gasteiger partial charge in [-0.2, -0.15) is 5.26 Å². The molecule has 0 aliphatic carbocycles. The predicted molar refractivity (Wildman–Crippen MR) is 125 cm³/mol. The van der Waals surface area contributed by atoms with Crippen LogP contribution in [0.4, 0.5) is 5.69 Å². The average Bonchev–Trinajstić information content (AvgIpc) is 2.82. The summed E-state index contributed by atoms with van der Waals surface area (Å²) in [6.07, 6.45) is 5.29. The number of hydrogen-bond donors (Lipinski definition) is 1. The summed E-state index contributed by atoms with van der Waals surface area (Å²) >= 11 is 0. The van der Waals surface area contributed by atoms with Gasteiger partial charge in [-0.1, -0.05) is 38.3 Å². The van der Waals surface area contributed by atoms with Crippen molar-refractivity contribution in [2.45, 2.75) is 32.6 Å². The van der Waals surface area contributed by atoms with Gasteiger partial charge in [0.1, 0.15) is 6.07 Å².